The van der Waals surface area contributed by atoms with Gasteiger partial charge < -0.3 is 20.9 Å². The molecule has 3 N–H and O–H groups in total. The number of carbonyl (C=O) groups excluding carboxylic acids is 1. The van der Waals surface area contributed by atoms with Crippen molar-refractivity contribution in [2.75, 3.05) is 41.7 Å². The molecule has 0 bridgehead atoms. The third kappa shape index (κ3) is 6.40. The molecule has 2 fully saturated rings. The fourth-order valence-corrected chi connectivity index (χ4v) is 8.29. The number of aryl methyl sites for hydroxylation is 3. The lowest BCUT2D eigenvalue weighted by Crippen LogP contribution is -2.42. The minimum atomic E-state index is -0.598. The van der Waals surface area contributed by atoms with Crippen LogP contribution in [0.1, 0.15) is 54.0 Å². The second-order valence-corrected chi connectivity index (χ2v) is 15.0. The highest BCUT2D eigenvalue weighted by atomic mass is 16.2. The SMILES string of the molecule is Cc1cccc(C)c1Nc1nn(C)c2nc(Nc3ccc4c(c3)CN(CC3CCN(c5ccc6c(=O)n(C7CCCNC7=O)nnc6c5)CC3)C4)ncc12. The number of hydrogen-bond donors (Lipinski definition) is 3. The molecule has 1 unspecified atom stereocenters. The van der Waals surface area contributed by atoms with Gasteiger partial charge in [-0.3, -0.25) is 14.5 Å². The molecular weight excluding hydrogens is 681 g/mol. The Kier molecular flexibility index (Phi) is 8.68. The van der Waals surface area contributed by atoms with Crippen LogP contribution in [-0.4, -0.2) is 71.7 Å². The second-order valence-electron chi connectivity index (χ2n) is 15.0. The van der Waals surface area contributed by atoms with Crippen LogP contribution in [0, 0.1) is 19.8 Å². The topological polar surface area (TPSA) is 151 Å². The quantitative estimate of drug-likeness (QED) is 0.189. The number of nitrogens with one attached hydrogen (secondary N) is 3. The smallest absolute Gasteiger partial charge is 0.278 e. The van der Waals surface area contributed by atoms with Crippen molar-refractivity contribution in [3.63, 3.8) is 0 Å². The Morgan fingerprint density at radius 1 is 0.907 bits per heavy atom. The van der Waals surface area contributed by atoms with Gasteiger partial charge in [0.1, 0.15) is 11.6 Å². The Balaban J connectivity index is 0.807. The van der Waals surface area contributed by atoms with Gasteiger partial charge in [-0.25, -0.2) is 9.67 Å². The number of aromatic nitrogens is 7. The van der Waals surface area contributed by atoms with Crippen LogP contribution in [-0.2, 0) is 24.9 Å². The molecule has 2 saturated heterocycles. The molecule has 3 aliphatic heterocycles. The van der Waals surface area contributed by atoms with Gasteiger partial charge in [0.05, 0.1) is 10.8 Å². The molecule has 6 aromatic rings. The molecule has 14 nitrogen and oxygen atoms in total. The largest absolute Gasteiger partial charge is 0.371 e. The van der Waals surface area contributed by atoms with Gasteiger partial charge in [0.2, 0.25) is 11.9 Å². The molecule has 9 rings (SSSR count). The first kappa shape index (κ1) is 33.9. The number of nitrogens with zero attached hydrogens (tertiary/aromatic N) is 9. The highest BCUT2D eigenvalue weighted by Crippen LogP contribution is 2.32. The molecule has 3 aromatic heterocycles. The average Bonchev–Trinajstić information content (AvgIpc) is 3.72. The van der Waals surface area contributed by atoms with Crippen LogP contribution in [0.3, 0.4) is 0 Å². The molecular formula is C40H44N12O2. The van der Waals surface area contributed by atoms with Crippen LogP contribution in [0.4, 0.5) is 28.8 Å². The summed E-state index contributed by atoms with van der Waals surface area (Å²) >= 11 is 0. The molecule has 3 aromatic carbocycles. The molecule has 1 atom stereocenters. The Morgan fingerprint density at radius 2 is 1.72 bits per heavy atom. The van der Waals surface area contributed by atoms with E-state index in [4.69, 9.17) is 10.1 Å². The standard InChI is InChI=1S/C40H44N12O2/c1-24-6-4-7-25(2)35(24)44-36-32-20-42-40(45-37(32)49(3)47-36)43-29-10-9-27-22-50(23-28(27)18-29)21-26-13-16-51(17-14-26)30-11-12-31-33(19-30)46-48-52(39(31)54)34-8-5-15-41-38(34)53/h4,6-7,9-12,18-20,26,34H,5,8,13-17,21-23H2,1-3H3,(H,41,53)(H,44,47)(H,42,43,45). The minimum absolute atomic E-state index is 0.168. The summed E-state index contributed by atoms with van der Waals surface area (Å²) in [5.74, 6) is 1.71. The van der Waals surface area contributed by atoms with Crippen molar-refractivity contribution in [2.24, 2.45) is 13.0 Å². The number of hydrogen-bond acceptors (Lipinski definition) is 11. The zero-order chi connectivity index (χ0) is 36.9. The maximum absolute atomic E-state index is 13.2. The molecule has 14 heteroatoms. The van der Waals surface area contributed by atoms with Crippen LogP contribution in [0.15, 0.2) is 65.6 Å². The van der Waals surface area contributed by atoms with Gasteiger partial charge in [-0.2, -0.15) is 14.8 Å². The molecule has 0 spiro atoms. The van der Waals surface area contributed by atoms with E-state index in [1.807, 2.05) is 31.4 Å². The Hall–Kier alpha value is -5.89. The van der Waals surface area contributed by atoms with E-state index in [2.05, 4.69) is 91.3 Å². The number of para-hydroxylation sites is 1. The molecule has 0 aliphatic carbocycles. The number of piperidine rings is 2. The van der Waals surface area contributed by atoms with Crippen LogP contribution in [0.5, 0.6) is 0 Å². The number of fused-ring (bicyclic) bond motifs is 3. The zero-order valence-electron chi connectivity index (χ0n) is 30.8. The minimum Gasteiger partial charge on any atom is -0.371 e. The van der Waals surface area contributed by atoms with Crippen LogP contribution < -0.4 is 26.4 Å². The van der Waals surface area contributed by atoms with Crippen molar-refractivity contribution < 1.29 is 4.79 Å². The summed E-state index contributed by atoms with van der Waals surface area (Å²) in [5, 5.41) is 24.3. The van der Waals surface area contributed by atoms with Gasteiger partial charge in [-0.1, -0.05) is 29.5 Å². The van der Waals surface area contributed by atoms with E-state index >= 15 is 0 Å². The molecule has 1 amide bonds. The van der Waals surface area contributed by atoms with E-state index in [9.17, 15) is 9.59 Å². The predicted octanol–water partition coefficient (Wildman–Crippen LogP) is 5.26. The van der Waals surface area contributed by atoms with E-state index in [-0.39, 0.29) is 11.5 Å². The Labute approximate surface area is 312 Å². The lowest BCUT2D eigenvalue weighted by Gasteiger charge is -2.35. The highest BCUT2D eigenvalue weighted by molar-refractivity contribution is 5.90. The first-order valence-electron chi connectivity index (χ1n) is 18.8. The third-order valence-corrected chi connectivity index (χ3v) is 11.3. The molecule has 0 radical (unpaired) electrons. The summed E-state index contributed by atoms with van der Waals surface area (Å²) in [7, 11) is 1.90. The Morgan fingerprint density at radius 3 is 2.54 bits per heavy atom. The van der Waals surface area contributed by atoms with Crippen molar-refractivity contribution in [3.05, 3.63) is 93.4 Å². The van der Waals surface area contributed by atoms with Gasteiger partial charge in [-0.05, 0) is 98.0 Å². The summed E-state index contributed by atoms with van der Waals surface area (Å²) in [4.78, 5) is 40.0. The fraction of sp³-hybridized carbons (Fsp3) is 0.375. The third-order valence-electron chi connectivity index (χ3n) is 11.3. The first-order valence-corrected chi connectivity index (χ1v) is 18.8. The monoisotopic (exact) mass is 724 g/mol. The maximum atomic E-state index is 13.2. The van der Waals surface area contributed by atoms with Crippen molar-refractivity contribution in [2.45, 2.75) is 58.7 Å². The van der Waals surface area contributed by atoms with Gasteiger partial charge in [-0.15, -0.1) is 5.10 Å². The van der Waals surface area contributed by atoms with Gasteiger partial charge in [0.15, 0.2) is 11.5 Å². The first-order chi connectivity index (χ1) is 26.3. The Bertz CT molecular complexity index is 2450. The normalized spacial score (nSPS) is 17.9. The summed E-state index contributed by atoms with van der Waals surface area (Å²) in [6, 6.07) is 18.0. The fourth-order valence-electron chi connectivity index (χ4n) is 8.29. The van der Waals surface area contributed by atoms with Crippen molar-refractivity contribution in [3.8, 4) is 0 Å². The van der Waals surface area contributed by atoms with Crippen LogP contribution in [0.25, 0.3) is 21.9 Å². The van der Waals surface area contributed by atoms with Gasteiger partial charge in [0.25, 0.3) is 5.56 Å². The number of amides is 1. The highest BCUT2D eigenvalue weighted by Gasteiger charge is 2.28. The summed E-state index contributed by atoms with van der Waals surface area (Å²) < 4.78 is 3.03. The lowest BCUT2D eigenvalue weighted by atomic mass is 9.95. The average molecular weight is 725 g/mol. The number of anilines is 5. The molecule has 3 aliphatic rings. The van der Waals surface area contributed by atoms with Gasteiger partial charge >= 0.3 is 0 Å². The molecule has 0 saturated carbocycles. The van der Waals surface area contributed by atoms with Crippen molar-refractivity contribution in [1.82, 2.24) is 45.0 Å². The zero-order valence-corrected chi connectivity index (χ0v) is 30.8. The van der Waals surface area contributed by atoms with E-state index in [0.29, 0.717) is 35.7 Å². The number of carbonyl (C=O) groups is 1. The second kappa shape index (κ2) is 13.8. The summed E-state index contributed by atoms with van der Waals surface area (Å²) in [6.07, 6.45) is 5.43. The predicted molar refractivity (Wildman–Crippen MR) is 209 cm³/mol. The van der Waals surface area contributed by atoms with Gasteiger partial charge in [0, 0.05) is 69.6 Å². The molecule has 54 heavy (non-hydrogen) atoms. The van der Waals surface area contributed by atoms with Crippen molar-refractivity contribution >= 4 is 56.7 Å². The number of rotatable bonds is 8. The van der Waals surface area contributed by atoms with E-state index < -0.39 is 6.04 Å². The molecule has 6 heterocycles. The number of benzene rings is 3. The van der Waals surface area contributed by atoms with Crippen LogP contribution >= 0.6 is 0 Å². The summed E-state index contributed by atoms with van der Waals surface area (Å²) in [6.45, 7) is 9.63. The van der Waals surface area contributed by atoms with E-state index in [0.717, 1.165) is 97.0 Å². The lowest BCUT2D eigenvalue weighted by molar-refractivity contribution is -0.126. The molecule has 276 valence electrons. The maximum Gasteiger partial charge on any atom is 0.278 e. The van der Waals surface area contributed by atoms with E-state index in [1.54, 1.807) is 4.68 Å². The van der Waals surface area contributed by atoms with Crippen molar-refractivity contribution in [1.29, 1.82) is 0 Å². The van der Waals surface area contributed by atoms with E-state index in [1.165, 1.54) is 15.8 Å². The summed E-state index contributed by atoms with van der Waals surface area (Å²) in [5.41, 5.74) is 9.14. The van der Waals surface area contributed by atoms with Crippen LogP contribution in [0.2, 0.25) is 0 Å².